The second-order valence-electron chi connectivity index (χ2n) is 12.9. The van der Waals surface area contributed by atoms with Gasteiger partial charge in [0.15, 0.2) is 0 Å². The standard InChI is InChI=1S/C48H31NO/c1-2-13-34-30-36(25-24-32(34)12-1)39-16-7-9-20-44(39)49(45-21-11-23-47-48(45)42-19-8-10-22-46(42)50-47)37-28-26-33(27-29-37)43-31-35-14-3-4-15-38(35)40-17-5-6-18-41(40)43/h1-31H. The van der Waals surface area contributed by atoms with Crippen LogP contribution in [0, 0.1) is 0 Å². The average Bonchev–Trinajstić information content (AvgIpc) is 3.58. The molecule has 2 heteroatoms. The molecular weight excluding hydrogens is 607 g/mol. The molecule has 0 unspecified atom stereocenters. The van der Waals surface area contributed by atoms with E-state index in [2.05, 4.69) is 187 Å². The molecule has 0 saturated heterocycles. The Balaban J connectivity index is 1.20. The van der Waals surface area contributed by atoms with Crippen molar-refractivity contribution in [3.05, 3.63) is 188 Å². The Bertz CT molecular complexity index is 2880. The van der Waals surface area contributed by atoms with E-state index in [-0.39, 0.29) is 0 Å². The molecule has 1 aromatic heterocycles. The number of benzene rings is 9. The third-order valence-electron chi connectivity index (χ3n) is 10.0. The number of furan rings is 1. The molecule has 9 aromatic carbocycles. The molecule has 10 aromatic rings. The van der Waals surface area contributed by atoms with E-state index in [0.29, 0.717) is 0 Å². The molecule has 0 aliphatic heterocycles. The molecule has 2 nitrogen and oxygen atoms in total. The summed E-state index contributed by atoms with van der Waals surface area (Å²) < 4.78 is 6.40. The van der Waals surface area contributed by atoms with Crippen molar-refractivity contribution < 1.29 is 4.42 Å². The lowest BCUT2D eigenvalue weighted by Crippen LogP contribution is -2.11. The van der Waals surface area contributed by atoms with Crippen molar-refractivity contribution in [2.24, 2.45) is 0 Å². The third-order valence-corrected chi connectivity index (χ3v) is 10.0. The highest BCUT2D eigenvalue weighted by Gasteiger charge is 2.22. The molecule has 0 bridgehead atoms. The first-order valence-corrected chi connectivity index (χ1v) is 17.1. The molecule has 0 radical (unpaired) electrons. The molecule has 0 N–H and O–H groups in total. The second-order valence-corrected chi connectivity index (χ2v) is 12.9. The Morgan fingerprint density at radius 2 is 0.960 bits per heavy atom. The van der Waals surface area contributed by atoms with Crippen LogP contribution in [0.3, 0.4) is 0 Å². The van der Waals surface area contributed by atoms with Crippen molar-refractivity contribution >= 4 is 71.3 Å². The van der Waals surface area contributed by atoms with Gasteiger partial charge in [0.25, 0.3) is 0 Å². The summed E-state index contributed by atoms with van der Waals surface area (Å²) in [6.07, 6.45) is 0. The van der Waals surface area contributed by atoms with Crippen molar-refractivity contribution in [3.63, 3.8) is 0 Å². The number of hydrogen-bond acceptors (Lipinski definition) is 2. The zero-order valence-electron chi connectivity index (χ0n) is 27.3. The van der Waals surface area contributed by atoms with Crippen molar-refractivity contribution in [2.45, 2.75) is 0 Å². The SMILES string of the molecule is c1ccc(N(c2ccc(-c3cc4ccccc4c4ccccc34)cc2)c2cccc3oc4ccccc4c23)c(-c2ccc3ccccc3c2)c1. The second kappa shape index (κ2) is 11.5. The molecule has 50 heavy (non-hydrogen) atoms. The minimum atomic E-state index is 0.871. The van der Waals surface area contributed by atoms with Gasteiger partial charge in [0.1, 0.15) is 11.2 Å². The minimum Gasteiger partial charge on any atom is -0.456 e. The first kappa shape index (κ1) is 28.4. The number of rotatable bonds is 5. The van der Waals surface area contributed by atoms with E-state index in [4.69, 9.17) is 4.42 Å². The van der Waals surface area contributed by atoms with Gasteiger partial charge in [-0.2, -0.15) is 0 Å². The summed E-state index contributed by atoms with van der Waals surface area (Å²) in [5, 5.41) is 9.71. The summed E-state index contributed by atoms with van der Waals surface area (Å²) in [5.41, 5.74) is 9.76. The first-order chi connectivity index (χ1) is 24.8. The lowest BCUT2D eigenvalue weighted by atomic mass is 9.93. The van der Waals surface area contributed by atoms with Crippen LogP contribution < -0.4 is 4.90 Å². The van der Waals surface area contributed by atoms with Gasteiger partial charge in [-0.1, -0.05) is 140 Å². The minimum absolute atomic E-state index is 0.871. The topological polar surface area (TPSA) is 16.4 Å². The summed E-state index contributed by atoms with van der Waals surface area (Å²) in [7, 11) is 0. The van der Waals surface area contributed by atoms with Crippen LogP contribution in [-0.2, 0) is 0 Å². The van der Waals surface area contributed by atoms with E-state index >= 15 is 0 Å². The van der Waals surface area contributed by atoms with Crippen LogP contribution in [0.1, 0.15) is 0 Å². The maximum Gasteiger partial charge on any atom is 0.137 e. The molecular formula is C48H31NO. The molecule has 0 saturated carbocycles. The lowest BCUT2D eigenvalue weighted by molar-refractivity contribution is 0.669. The molecule has 0 spiro atoms. The monoisotopic (exact) mass is 637 g/mol. The summed E-state index contributed by atoms with van der Waals surface area (Å²) in [6.45, 7) is 0. The van der Waals surface area contributed by atoms with Crippen LogP contribution in [0.5, 0.6) is 0 Å². The zero-order chi connectivity index (χ0) is 33.0. The molecule has 0 aliphatic carbocycles. The highest BCUT2D eigenvalue weighted by molar-refractivity contribution is 6.15. The van der Waals surface area contributed by atoms with Crippen molar-refractivity contribution in [3.8, 4) is 22.3 Å². The van der Waals surface area contributed by atoms with Gasteiger partial charge in [0, 0.05) is 16.6 Å². The van der Waals surface area contributed by atoms with Crippen molar-refractivity contribution in [2.75, 3.05) is 4.90 Å². The predicted octanol–water partition coefficient (Wildman–Crippen LogP) is 13.8. The Labute approximate surface area is 290 Å². The average molecular weight is 638 g/mol. The van der Waals surface area contributed by atoms with E-state index in [0.717, 1.165) is 44.6 Å². The fourth-order valence-electron chi connectivity index (χ4n) is 7.70. The largest absolute Gasteiger partial charge is 0.456 e. The number of fused-ring (bicyclic) bond motifs is 7. The van der Waals surface area contributed by atoms with Gasteiger partial charge < -0.3 is 9.32 Å². The van der Waals surface area contributed by atoms with Crippen LogP contribution >= 0.6 is 0 Å². The van der Waals surface area contributed by atoms with E-state index in [9.17, 15) is 0 Å². The smallest absolute Gasteiger partial charge is 0.137 e. The normalized spacial score (nSPS) is 11.6. The van der Waals surface area contributed by atoms with Gasteiger partial charge in [0.2, 0.25) is 0 Å². The van der Waals surface area contributed by atoms with Crippen molar-refractivity contribution in [1.29, 1.82) is 0 Å². The maximum atomic E-state index is 6.40. The fourth-order valence-corrected chi connectivity index (χ4v) is 7.70. The summed E-state index contributed by atoms with van der Waals surface area (Å²) >= 11 is 0. The molecule has 10 rings (SSSR count). The number of nitrogens with zero attached hydrogens (tertiary/aromatic N) is 1. The van der Waals surface area contributed by atoms with Gasteiger partial charge in [-0.25, -0.2) is 0 Å². The molecule has 0 atom stereocenters. The molecule has 0 fully saturated rings. The Kier molecular flexibility index (Phi) is 6.53. The van der Waals surface area contributed by atoms with Gasteiger partial charge in [-0.3, -0.25) is 0 Å². The van der Waals surface area contributed by atoms with Crippen LogP contribution in [0.15, 0.2) is 192 Å². The quantitative estimate of drug-likeness (QED) is 0.175. The third kappa shape index (κ3) is 4.57. The summed E-state index contributed by atoms with van der Waals surface area (Å²) in [4.78, 5) is 2.40. The highest BCUT2D eigenvalue weighted by Crippen LogP contribution is 2.46. The van der Waals surface area contributed by atoms with Crippen molar-refractivity contribution in [1.82, 2.24) is 0 Å². The fraction of sp³-hybridized carbons (Fsp3) is 0. The Morgan fingerprint density at radius 1 is 0.340 bits per heavy atom. The van der Waals surface area contributed by atoms with E-state index in [1.54, 1.807) is 0 Å². The van der Waals surface area contributed by atoms with Gasteiger partial charge in [-0.15, -0.1) is 0 Å². The Morgan fingerprint density at radius 3 is 1.82 bits per heavy atom. The number of hydrogen-bond donors (Lipinski definition) is 0. The molecule has 0 aliphatic rings. The maximum absolute atomic E-state index is 6.40. The zero-order valence-corrected chi connectivity index (χ0v) is 27.3. The van der Waals surface area contributed by atoms with E-state index in [1.165, 1.54) is 49.0 Å². The summed E-state index contributed by atoms with van der Waals surface area (Å²) in [5.74, 6) is 0. The first-order valence-electron chi connectivity index (χ1n) is 17.1. The van der Waals surface area contributed by atoms with E-state index in [1.807, 2.05) is 6.07 Å². The van der Waals surface area contributed by atoms with Crippen LogP contribution in [0.4, 0.5) is 17.1 Å². The number of anilines is 3. The van der Waals surface area contributed by atoms with Crippen LogP contribution in [0.25, 0.3) is 76.5 Å². The van der Waals surface area contributed by atoms with Gasteiger partial charge in [-0.05, 0) is 97.5 Å². The molecule has 1 heterocycles. The van der Waals surface area contributed by atoms with E-state index < -0.39 is 0 Å². The summed E-state index contributed by atoms with van der Waals surface area (Å²) in [6, 6.07) is 67.6. The molecule has 234 valence electrons. The molecule has 0 amide bonds. The van der Waals surface area contributed by atoms with Gasteiger partial charge >= 0.3 is 0 Å². The predicted molar refractivity (Wildman–Crippen MR) is 212 cm³/mol. The van der Waals surface area contributed by atoms with Crippen LogP contribution in [0.2, 0.25) is 0 Å². The Hall–Kier alpha value is -6.64. The van der Waals surface area contributed by atoms with Crippen LogP contribution in [-0.4, -0.2) is 0 Å². The lowest BCUT2D eigenvalue weighted by Gasteiger charge is -2.29. The number of para-hydroxylation sites is 2. The highest BCUT2D eigenvalue weighted by atomic mass is 16.3. The van der Waals surface area contributed by atoms with Gasteiger partial charge in [0.05, 0.1) is 16.8 Å².